The number of anilines is 1. The number of benzene rings is 1. The second-order valence-electron chi connectivity index (χ2n) is 5.76. The van der Waals surface area contributed by atoms with Crippen molar-refractivity contribution in [2.45, 2.75) is 47.5 Å². The Balaban J connectivity index is 2.67. The zero-order chi connectivity index (χ0) is 16.0. The summed E-state index contributed by atoms with van der Waals surface area (Å²) >= 11 is 0. The lowest BCUT2D eigenvalue weighted by atomic mass is 10.1. The van der Waals surface area contributed by atoms with E-state index in [4.69, 9.17) is 0 Å². The highest BCUT2D eigenvalue weighted by molar-refractivity contribution is 5.99. The normalized spacial score (nSPS) is 11.2. The van der Waals surface area contributed by atoms with Crippen LogP contribution >= 0.6 is 0 Å². The lowest BCUT2D eigenvalue weighted by molar-refractivity contribution is -0.112. The van der Waals surface area contributed by atoms with Crippen LogP contribution in [0.15, 0.2) is 35.4 Å². The average Bonchev–Trinajstić information content (AvgIpc) is 2.35. The van der Waals surface area contributed by atoms with E-state index in [-0.39, 0.29) is 11.7 Å². The maximum Gasteiger partial charge on any atom is 0.248 e. The van der Waals surface area contributed by atoms with Crippen molar-refractivity contribution in [3.05, 3.63) is 46.6 Å². The van der Waals surface area contributed by atoms with Gasteiger partial charge in [-0.15, -0.1) is 0 Å². The van der Waals surface area contributed by atoms with Gasteiger partial charge in [-0.2, -0.15) is 0 Å². The summed E-state index contributed by atoms with van der Waals surface area (Å²) in [6.45, 7) is 9.74. The summed E-state index contributed by atoms with van der Waals surface area (Å²) in [5, 5.41) is 12.6. The van der Waals surface area contributed by atoms with Crippen LogP contribution in [0.1, 0.15) is 44.7 Å². The average molecular weight is 287 g/mol. The van der Waals surface area contributed by atoms with Gasteiger partial charge in [0.25, 0.3) is 0 Å². The first kappa shape index (κ1) is 17.0. The van der Waals surface area contributed by atoms with Crippen LogP contribution in [0.3, 0.4) is 0 Å². The molecule has 0 fully saturated rings. The molecule has 0 bridgehead atoms. The van der Waals surface area contributed by atoms with Crippen molar-refractivity contribution < 1.29 is 9.90 Å². The molecule has 0 aromatic heterocycles. The molecule has 3 heteroatoms. The molecule has 1 amide bonds. The number of allylic oxidation sites excluding steroid dienone is 3. The van der Waals surface area contributed by atoms with Gasteiger partial charge in [0.15, 0.2) is 0 Å². The highest BCUT2D eigenvalue weighted by atomic mass is 16.3. The SMILES string of the molecule is CC(C)=CCC/C(C)=C\C(=O)Nc1cc(C)c(O)c(C)c1. The summed E-state index contributed by atoms with van der Waals surface area (Å²) in [5.41, 5.74) is 4.57. The minimum Gasteiger partial charge on any atom is -0.507 e. The standard InChI is InChI=1S/C18H25NO2/c1-12(2)7-6-8-13(3)9-17(20)19-16-10-14(4)18(21)15(5)11-16/h7,9-11,21H,6,8H2,1-5H3,(H,19,20)/b13-9-. The molecule has 1 rings (SSSR count). The summed E-state index contributed by atoms with van der Waals surface area (Å²) in [6, 6.07) is 3.54. The maximum atomic E-state index is 12.0. The number of phenolic OH excluding ortho intramolecular Hbond substituents is 1. The van der Waals surface area contributed by atoms with Gasteiger partial charge in [-0.25, -0.2) is 0 Å². The second-order valence-corrected chi connectivity index (χ2v) is 5.76. The molecule has 0 heterocycles. The number of aromatic hydroxyl groups is 1. The smallest absolute Gasteiger partial charge is 0.248 e. The van der Waals surface area contributed by atoms with Gasteiger partial charge in [0.05, 0.1) is 0 Å². The van der Waals surface area contributed by atoms with Crippen LogP contribution in [0.4, 0.5) is 5.69 Å². The number of carbonyl (C=O) groups is 1. The third-order valence-corrected chi connectivity index (χ3v) is 3.23. The Hall–Kier alpha value is -2.03. The van der Waals surface area contributed by atoms with Gasteiger partial charge in [-0.1, -0.05) is 17.2 Å². The van der Waals surface area contributed by atoms with Crippen molar-refractivity contribution in [2.75, 3.05) is 5.32 Å². The van der Waals surface area contributed by atoms with Gasteiger partial charge < -0.3 is 10.4 Å². The van der Waals surface area contributed by atoms with E-state index in [1.54, 1.807) is 18.2 Å². The minimum atomic E-state index is -0.130. The van der Waals surface area contributed by atoms with E-state index in [1.165, 1.54) is 5.57 Å². The van der Waals surface area contributed by atoms with Crippen molar-refractivity contribution >= 4 is 11.6 Å². The summed E-state index contributed by atoms with van der Waals surface area (Å²) in [4.78, 5) is 12.0. The van der Waals surface area contributed by atoms with Gasteiger partial charge in [0.2, 0.25) is 5.91 Å². The molecule has 0 radical (unpaired) electrons. The Morgan fingerprint density at radius 3 is 2.29 bits per heavy atom. The molecule has 0 saturated carbocycles. The Bertz CT molecular complexity index is 556. The van der Waals surface area contributed by atoms with E-state index in [2.05, 4.69) is 25.2 Å². The highest BCUT2D eigenvalue weighted by Gasteiger charge is 2.05. The van der Waals surface area contributed by atoms with Crippen molar-refractivity contribution in [2.24, 2.45) is 0 Å². The van der Waals surface area contributed by atoms with Crippen LogP contribution in [0.5, 0.6) is 5.75 Å². The van der Waals surface area contributed by atoms with Crippen LogP contribution < -0.4 is 5.32 Å². The van der Waals surface area contributed by atoms with E-state index in [9.17, 15) is 9.90 Å². The Kier molecular flexibility index (Phi) is 6.22. The fraction of sp³-hybridized carbons (Fsp3) is 0.389. The molecule has 114 valence electrons. The second kappa shape index (κ2) is 7.67. The monoisotopic (exact) mass is 287 g/mol. The molecule has 0 spiro atoms. The van der Waals surface area contributed by atoms with E-state index in [0.29, 0.717) is 5.69 Å². The quantitative estimate of drug-likeness (QED) is 0.471. The van der Waals surface area contributed by atoms with Crippen LogP contribution in [0.25, 0.3) is 0 Å². The number of rotatable bonds is 5. The molecule has 3 nitrogen and oxygen atoms in total. The van der Waals surface area contributed by atoms with Crippen LogP contribution in [0, 0.1) is 13.8 Å². The summed E-state index contributed by atoms with van der Waals surface area (Å²) in [6.07, 6.45) is 5.64. The first-order valence-corrected chi connectivity index (χ1v) is 7.21. The molecular weight excluding hydrogens is 262 g/mol. The third kappa shape index (κ3) is 5.86. The first-order valence-electron chi connectivity index (χ1n) is 7.21. The van der Waals surface area contributed by atoms with E-state index >= 15 is 0 Å². The largest absolute Gasteiger partial charge is 0.507 e. The number of amides is 1. The Labute approximate surface area is 127 Å². The Morgan fingerprint density at radius 1 is 1.19 bits per heavy atom. The van der Waals surface area contributed by atoms with Crippen molar-refractivity contribution in [1.29, 1.82) is 0 Å². The molecule has 0 saturated heterocycles. The number of hydrogen-bond acceptors (Lipinski definition) is 2. The number of hydrogen-bond donors (Lipinski definition) is 2. The lowest BCUT2D eigenvalue weighted by Crippen LogP contribution is -2.09. The Morgan fingerprint density at radius 2 is 1.76 bits per heavy atom. The van der Waals surface area contributed by atoms with Crippen molar-refractivity contribution in [3.8, 4) is 5.75 Å². The number of carbonyl (C=O) groups excluding carboxylic acids is 1. The lowest BCUT2D eigenvalue weighted by Gasteiger charge is -2.08. The van der Waals surface area contributed by atoms with E-state index < -0.39 is 0 Å². The molecule has 0 aliphatic rings. The predicted octanol–water partition coefficient (Wildman–Crippen LogP) is 4.64. The molecule has 1 aromatic carbocycles. The predicted molar refractivity (Wildman–Crippen MR) is 88.6 cm³/mol. The highest BCUT2D eigenvalue weighted by Crippen LogP contribution is 2.25. The number of phenols is 1. The van der Waals surface area contributed by atoms with Crippen molar-refractivity contribution in [3.63, 3.8) is 0 Å². The van der Waals surface area contributed by atoms with Crippen molar-refractivity contribution in [1.82, 2.24) is 0 Å². The fourth-order valence-electron chi connectivity index (χ4n) is 2.09. The third-order valence-electron chi connectivity index (χ3n) is 3.23. The molecule has 1 aromatic rings. The van der Waals surface area contributed by atoms with Gasteiger partial charge in [0.1, 0.15) is 5.75 Å². The molecular formula is C18H25NO2. The zero-order valence-corrected chi connectivity index (χ0v) is 13.6. The molecule has 0 aliphatic carbocycles. The van der Waals surface area contributed by atoms with E-state index in [1.807, 2.05) is 20.8 Å². The maximum absolute atomic E-state index is 12.0. The number of aryl methyl sites for hydroxylation is 2. The van der Waals surface area contributed by atoms with Gasteiger partial charge >= 0.3 is 0 Å². The zero-order valence-electron chi connectivity index (χ0n) is 13.6. The van der Waals surface area contributed by atoms with Gasteiger partial charge in [0, 0.05) is 11.8 Å². The molecule has 21 heavy (non-hydrogen) atoms. The van der Waals surface area contributed by atoms with Crippen LogP contribution in [-0.4, -0.2) is 11.0 Å². The molecule has 0 aliphatic heterocycles. The molecule has 0 unspecified atom stereocenters. The molecule has 0 atom stereocenters. The topological polar surface area (TPSA) is 49.3 Å². The van der Waals surface area contributed by atoms with Gasteiger partial charge in [-0.05, 0) is 70.7 Å². The molecule has 2 N–H and O–H groups in total. The summed E-state index contributed by atoms with van der Waals surface area (Å²) in [5.74, 6) is 0.149. The summed E-state index contributed by atoms with van der Waals surface area (Å²) in [7, 11) is 0. The van der Waals surface area contributed by atoms with Crippen LogP contribution in [-0.2, 0) is 4.79 Å². The number of nitrogens with one attached hydrogen (secondary N) is 1. The fourth-order valence-corrected chi connectivity index (χ4v) is 2.09. The van der Waals surface area contributed by atoms with Crippen LogP contribution in [0.2, 0.25) is 0 Å². The van der Waals surface area contributed by atoms with Gasteiger partial charge in [-0.3, -0.25) is 4.79 Å². The summed E-state index contributed by atoms with van der Waals surface area (Å²) < 4.78 is 0. The van der Waals surface area contributed by atoms with E-state index in [0.717, 1.165) is 29.5 Å². The first-order chi connectivity index (χ1) is 9.79. The minimum absolute atomic E-state index is 0.130.